The van der Waals surface area contributed by atoms with Gasteiger partial charge in [-0.1, -0.05) is 42.5 Å². The number of carbonyl (C=O) groups excluding carboxylic acids is 1. The maximum atomic E-state index is 13.8. The van der Waals surface area contributed by atoms with E-state index in [1.54, 1.807) is 6.92 Å². The predicted molar refractivity (Wildman–Crippen MR) is 114 cm³/mol. The molecular weight excluding hydrogens is 398 g/mol. The summed E-state index contributed by atoms with van der Waals surface area (Å²) in [6.07, 6.45) is 1.27. The van der Waals surface area contributed by atoms with Crippen LogP contribution in [0.3, 0.4) is 0 Å². The molecule has 4 aromatic rings. The maximum absolute atomic E-state index is 13.8. The van der Waals surface area contributed by atoms with Gasteiger partial charge in [0.1, 0.15) is 17.9 Å². The zero-order chi connectivity index (χ0) is 22.0. The van der Waals surface area contributed by atoms with E-state index >= 15 is 0 Å². The van der Waals surface area contributed by atoms with E-state index in [-0.39, 0.29) is 11.3 Å². The summed E-state index contributed by atoms with van der Waals surface area (Å²) in [5, 5.41) is 2.69. The lowest BCUT2D eigenvalue weighted by Gasteiger charge is -2.14. The molecule has 0 fully saturated rings. The summed E-state index contributed by atoms with van der Waals surface area (Å²) in [5.74, 6) is -1.50. The number of amides is 1. The molecule has 0 saturated carbocycles. The minimum Gasteiger partial charge on any atom is -0.444 e. The highest BCUT2D eigenvalue weighted by Crippen LogP contribution is 2.26. The lowest BCUT2D eigenvalue weighted by atomic mass is 10.0. The first kappa shape index (κ1) is 20.5. The minimum absolute atomic E-state index is 0.0545. The van der Waals surface area contributed by atoms with Gasteiger partial charge in [0, 0.05) is 11.1 Å². The van der Waals surface area contributed by atoms with Crippen LogP contribution in [0, 0.1) is 18.6 Å². The first-order valence-electron chi connectivity index (χ1n) is 9.80. The summed E-state index contributed by atoms with van der Waals surface area (Å²) in [4.78, 5) is 16.9. The number of oxazole rings is 1. The van der Waals surface area contributed by atoms with Gasteiger partial charge in [0.05, 0.1) is 6.04 Å². The van der Waals surface area contributed by atoms with Crippen LogP contribution in [0.1, 0.15) is 34.6 Å². The fourth-order valence-electron chi connectivity index (χ4n) is 3.24. The van der Waals surface area contributed by atoms with E-state index in [0.717, 1.165) is 16.7 Å². The van der Waals surface area contributed by atoms with Crippen LogP contribution in [-0.2, 0) is 0 Å². The Labute approximate surface area is 178 Å². The van der Waals surface area contributed by atoms with E-state index in [1.807, 2.05) is 54.6 Å². The van der Waals surface area contributed by atoms with Gasteiger partial charge in [-0.3, -0.25) is 4.79 Å². The van der Waals surface area contributed by atoms with Gasteiger partial charge < -0.3 is 9.73 Å². The molecule has 0 unspecified atom stereocenters. The molecule has 1 N–H and O–H groups in total. The van der Waals surface area contributed by atoms with Crippen molar-refractivity contribution in [2.24, 2.45) is 0 Å². The highest BCUT2D eigenvalue weighted by Gasteiger charge is 2.18. The van der Waals surface area contributed by atoms with Crippen LogP contribution < -0.4 is 5.32 Å². The highest BCUT2D eigenvalue weighted by atomic mass is 19.1. The Balaban J connectivity index is 1.52. The van der Waals surface area contributed by atoms with Crippen LogP contribution in [0.2, 0.25) is 0 Å². The Morgan fingerprint density at radius 2 is 1.58 bits per heavy atom. The Kier molecular flexibility index (Phi) is 5.62. The van der Waals surface area contributed by atoms with Gasteiger partial charge in [0.15, 0.2) is 5.69 Å². The van der Waals surface area contributed by atoms with Gasteiger partial charge in [-0.2, -0.15) is 0 Å². The van der Waals surface area contributed by atoms with E-state index < -0.39 is 23.6 Å². The minimum atomic E-state index is -0.655. The van der Waals surface area contributed by atoms with Crippen LogP contribution >= 0.6 is 0 Å². The molecule has 1 aromatic heterocycles. The second kappa shape index (κ2) is 8.52. The molecule has 4 nitrogen and oxygen atoms in total. The molecule has 0 radical (unpaired) electrons. The average molecular weight is 418 g/mol. The van der Waals surface area contributed by atoms with E-state index in [0.29, 0.717) is 11.5 Å². The number of carbonyl (C=O) groups is 1. The topological polar surface area (TPSA) is 55.1 Å². The highest BCUT2D eigenvalue weighted by molar-refractivity contribution is 5.92. The van der Waals surface area contributed by atoms with Crippen LogP contribution in [0.25, 0.3) is 22.6 Å². The molecule has 3 aromatic carbocycles. The van der Waals surface area contributed by atoms with Crippen LogP contribution in [0.4, 0.5) is 8.78 Å². The van der Waals surface area contributed by atoms with Gasteiger partial charge in [0.2, 0.25) is 5.89 Å². The molecule has 1 atom stereocenters. The summed E-state index contributed by atoms with van der Waals surface area (Å²) in [6, 6.07) is 19.4. The fraction of sp³-hybridized carbons (Fsp3) is 0.120. The van der Waals surface area contributed by atoms with Crippen molar-refractivity contribution in [2.45, 2.75) is 19.9 Å². The van der Waals surface area contributed by atoms with E-state index in [1.165, 1.54) is 25.3 Å². The molecule has 0 aliphatic heterocycles. The Morgan fingerprint density at radius 3 is 2.29 bits per heavy atom. The molecule has 6 heteroatoms. The maximum Gasteiger partial charge on any atom is 0.273 e. The fourth-order valence-corrected chi connectivity index (χ4v) is 3.24. The second-order valence-corrected chi connectivity index (χ2v) is 7.29. The number of benzene rings is 3. The van der Waals surface area contributed by atoms with Gasteiger partial charge in [-0.25, -0.2) is 13.8 Å². The Morgan fingerprint density at radius 1 is 0.935 bits per heavy atom. The summed E-state index contributed by atoms with van der Waals surface area (Å²) in [7, 11) is 0. The van der Waals surface area contributed by atoms with E-state index in [2.05, 4.69) is 10.3 Å². The lowest BCUT2D eigenvalue weighted by molar-refractivity contribution is 0.0934. The Bertz CT molecular complexity index is 1210. The summed E-state index contributed by atoms with van der Waals surface area (Å²) in [6.45, 7) is 3.01. The molecular formula is C25H20F2N2O2. The van der Waals surface area contributed by atoms with Crippen molar-refractivity contribution in [2.75, 3.05) is 0 Å². The molecule has 156 valence electrons. The van der Waals surface area contributed by atoms with Crippen LogP contribution in [-0.4, -0.2) is 10.9 Å². The first-order chi connectivity index (χ1) is 14.9. The van der Waals surface area contributed by atoms with Gasteiger partial charge in [-0.15, -0.1) is 0 Å². The van der Waals surface area contributed by atoms with Crippen LogP contribution in [0.5, 0.6) is 0 Å². The summed E-state index contributed by atoms with van der Waals surface area (Å²) >= 11 is 0. The van der Waals surface area contributed by atoms with Gasteiger partial charge >= 0.3 is 0 Å². The van der Waals surface area contributed by atoms with Crippen molar-refractivity contribution < 1.29 is 18.0 Å². The lowest BCUT2D eigenvalue weighted by Crippen LogP contribution is -2.27. The summed E-state index contributed by atoms with van der Waals surface area (Å²) < 4.78 is 33.2. The molecule has 1 heterocycles. The van der Waals surface area contributed by atoms with E-state index in [9.17, 15) is 13.6 Å². The number of aromatic nitrogens is 1. The van der Waals surface area contributed by atoms with Crippen molar-refractivity contribution in [3.05, 3.63) is 101 Å². The number of halogens is 2. The SMILES string of the molecule is Cc1c(F)cc([C@@H](C)NC(=O)c2coc(-c3cccc(-c4ccccc4)c3)n2)cc1F. The third-order valence-electron chi connectivity index (χ3n) is 5.10. The first-order valence-corrected chi connectivity index (χ1v) is 9.80. The molecule has 0 aliphatic carbocycles. The molecule has 4 rings (SSSR count). The summed E-state index contributed by atoms with van der Waals surface area (Å²) in [5.41, 5.74) is 3.14. The molecule has 0 aliphatic rings. The van der Waals surface area contributed by atoms with Crippen molar-refractivity contribution in [3.63, 3.8) is 0 Å². The quantitative estimate of drug-likeness (QED) is 0.427. The standard InChI is InChI=1S/C25H20F2N2O2/c1-15-21(26)12-20(13-22(15)27)16(2)28-24(30)23-14-31-25(29-23)19-10-6-9-18(11-19)17-7-4-3-5-8-17/h3-14,16H,1-2H3,(H,28,30)/t16-/m1/s1. The number of hydrogen-bond donors (Lipinski definition) is 1. The number of nitrogens with zero attached hydrogens (tertiary/aromatic N) is 1. The second-order valence-electron chi connectivity index (χ2n) is 7.29. The molecule has 0 saturated heterocycles. The van der Waals surface area contributed by atoms with Gasteiger partial charge in [0.25, 0.3) is 5.91 Å². The van der Waals surface area contributed by atoms with Gasteiger partial charge in [-0.05, 0) is 54.8 Å². The van der Waals surface area contributed by atoms with E-state index in [4.69, 9.17) is 4.42 Å². The zero-order valence-corrected chi connectivity index (χ0v) is 17.0. The third kappa shape index (κ3) is 4.38. The molecule has 31 heavy (non-hydrogen) atoms. The largest absolute Gasteiger partial charge is 0.444 e. The smallest absolute Gasteiger partial charge is 0.273 e. The molecule has 1 amide bonds. The van der Waals surface area contributed by atoms with Crippen molar-refractivity contribution in [3.8, 4) is 22.6 Å². The number of hydrogen-bond acceptors (Lipinski definition) is 3. The number of nitrogens with one attached hydrogen (secondary N) is 1. The molecule has 0 bridgehead atoms. The van der Waals surface area contributed by atoms with Crippen molar-refractivity contribution in [1.82, 2.24) is 10.3 Å². The normalized spacial score (nSPS) is 11.9. The Hall–Kier alpha value is -3.80. The zero-order valence-electron chi connectivity index (χ0n) is 17.0. The van der Waals surface area contributed by atoms with Crippen molar-refractivity contribution in [1.29, 1.82) is 0 Å². The third-order valence-corrected chi connectivity index (χ3v) is 5.10. The number of rotatable bonds is 5. The monoisotopic (exact) mass is 418 g/mol. The average Bonchev–Trinajstić information content (AvgIpc) is 3.28. The van der Waals surface area contributed by atoms with Crippen LogP contribution in [0.15, 0.2) is 77.4 Å². The molecule has 0 spiro atoms. The van der Waals surface area contributed by atoms with Crippen molar-refractivity contribution >= 4 is 5.91 Å². The predicted octanol–water partition coefficient (Wildman–Crippen LogP) is 6.09.